The van der Waals surface area contributed by atoms with Crippen molar-refractivity contribution in [2.24, 2.45) is 0 Å². The summed E-state index contributed by atoms with van der Waals surface area (Å²) in [6.07, 6.45) is 1.97. The van der Waals surface area contributed by atoms with Gasteiger partial charge < -0.3 is 15.1 Å². The van der Waals surface area contributed by atoms with Crippen molar-refractivity contribution in [1.29, 1.82) is 0 Å². The Morgan fingerprint density at radius 2 is 2.13 bits per heavy atom. The second-order valence-electron chi connectivity index (χ2n) is 6.16. The number of thiophene rings is 1. The number of halogens is 1. The average molecular weight is 358 g/mol. The molecule has 1 unspecified atom stereocenters. The number of likely N-dealkylation sites (tertiary alicyclic amines) is 1. The molecule has 2 aliphatic heterocycles. The molecule has 2 fully saturated rings. The van der Waals surface area contributed by atoms with Gasteiger partial charge in [-0.25, -0.2) is 0 Å². The molecule has 5 nitrogen and oxygen atoms in total. The minimum Gasteiger partial charge on any atom is -0.336 e. The van der Waals surface area contributed by atoms with Gasteiger partial charge in [0.05, 0.1) is 11.4 Å². The van der Waals surface area contributed by atoms with Gasteiger partial charge in [-0.05, 0) is 38.3 Å². The highest BCUT2D eigenvalue weighted by atomic mass is 35.5. The third-order valence-corrected chi connectivity index (χ3v) is 5.77. The monoisotopic (exact) mass is 357 g/mol. The van der Waals surface area contributed by atoms with E-state index in [0.717, 1.165) is 37.4 Å². The van der Waals surface area contributed by atoms with Crippen LogP contribution in [-0.2, 0) is 4.79 Å². The van der Waals surface area contributed by atoms with Gasteiger partial charge in [0.25, 0.3) is 5.91 Å². The van der Waals surface area contributed by atoms with Crippen molar-refractivity contribution in [2.45, 2.75) is 32.7 Å². The average Bonchev–Trinajstić information content (AvgIpc) is 2.86. The third-order valence-electron chi connectivity index (χ3n) is 4.63. The normalized spacial score (nSPS) is 22.0. The molecule has 1 aromatic heterocycles. The van der Waals surface area contributed by atoms with Crippen LogP contribution in [0.4, 0.5) is 0 Å². The van der Waals surface area contributed by atoms with Crippen molar-refractivity contribution in [1.82, 2.24) is 15.1 Å². The fourth-order valence-corrected chi connectivity index (χ4v) is 4.24. The van der Waals surface area contributed by atoms with E-state index < -0.39 is 0 Å². The zero-order chi connectivity index (χ0) is 15.7. The van der Waals surface area contributed by atoms with Gasteiger partial charge in [0.15, 0.2) is 0 Å². The number of rotatable bonds is 2. The van der Waals surface area contributed by atoms with E-state index in [-0.39, 0.29) is 30.3 Å². The Morgan fingerprint density at radius 3 is 2.78 bits per heavy atom. The predicted octanol–water partition coefficient (Wildman–Crippen LogP) is 1.82. The lowest BCUT2D eigenvalue weighted by Crippen LogP contribution is -2.57. The minimum atomic E-state index is 0. The first-order valence-electron chi connectivity index (χ1n) is 7.93. The number of amides is 2. The minimum absolute atomic E-state index is 0. The summed E-state index contributed by atoms with van der Waals surface area (Å²) in [7, 11) is 0. The van der Waals surface area contributed by atoms with Crippen molar-refractivity contribution < 1.29 is 9.59 Å². The van der Waals surface area contributed by atoms with Crippen molar-refractivity contribution in [3.63, 3.8) is 0 Å². The number of piperazine rings is 1. The Balaban J connectivity index is 0.00000192. The lowest BCUT2D eigenvalue weighted by Gasteiger charge is -2.41. The lowest BCUT2D eigenvalue weighted by molar-refractivity contribution is -0.135. The second kappa shape index (κ2) is 7.64. The first-order valence-corrected chi connectivity index (χ1v) is 8.74. The van der Waals surface area contributed by atoms with Crippen LogP contribution >= 0.6 is 23.7 Å². The summed E-state index contributed by atoms with van der Waals surface area (Å²) < 4.78 is 0. The van der Waals surface area contributed by atoms with Gasteiger partial charge in [0.2, 0.25) is 5.91 Å². The number of piperidine rings is 1. The van der Waals surface area contributed by atoms with E-state index >= 15 is 0 Å². The SMILES string of the molecule is Cc1cc(C(=O)N2CCCC(N3CCNCC3=O)C2)sc1C.Cl. The Bertz CT molecular complexity index is 570. The van der Waals surface area contributed by atoms with Gasteiger partial charge in [-0.1, -0.05) is 0 Å². The summed E-state index contributed by atoms with van der Waals surface area (Å²) in [6.45, 7) is 7.58. The maximum absolute atomic E-state index is 12.7. The van der Waals surface area contributed by atoms with Crippen LogP contribution in [0, 0.1) is 13.8 Å². The van der Waals surface area contributed by atoms with E-state index in [1.807, 2.05) is 22.8 Å². The zero-order valence-electron chi connectivity index (χ0n) is 13.6. The second-order valence-corrected chi connectivity index (χ2v) is 7.42. The standard InChI is InChI=1S/C16H23N3O2S.ClH/c1-11-8-14(22-12(11)2)16(21)18-6-3-4-13(10-18)19-7-5-17-9-15(19)20;/h8,13,17H,3-7,9-10H2,1-2H3;1H. The molecule has 128 valence electrons. The van der Waals surface area contributed by atoms with Gasteiger partial charge in [-0.15, -0.1) is 23.7 Å². The summed E-state index contributed by atoms with van der Waals surface area (Å²) in [4.78, 5) is 30.7. The highest BCUT2D eigenvalue weighted by Crippen LogP contribution is 2.24. The van der Waals surface area contributed by atoms with Gasteiger partial charge in [-0.2, -0.15) is 0 Å². The van der Waals surface area contributed by atoms with Crippen LogP contribution in [0.15, 0.2) is 6.07 Å². The van der Waals surface area contributed by atoms with Crippen molar-refractivity contribution in [3.05, 3.63) is 21.4 Å². The molecule has 2 amide bonds. The first kappa shape index (κ1) is 18.2. The summed E-state index contributed by atoms with van der Waals surface area (Å²) in [5.41, 5.74) is 1.18. The molecule has 0 bridgehead atoms. The van der Waals surface area contributed by atoms with Crippen LogP contribution < -0.4 is 5.32 Å². The molecule has 0 spiro atoms. The molecular weight excluding hydrogens is 334 g/mol. The van der Waals surface area contributed by atoms with E-state index in [2.05, 4.69) is 12.2 Å². The number of hydrogen-bond acceptors (Lipinski definition) is 4. The van der Waals surface area contributed by atoms with Crippen LogP contribution in [0.3, 0.4) is 0 Å². The molecule has 1 N–H and O–H groups in total. The fourth-order valence-electron chi connectivity index (χ4n) is 3.24. The highest BCUT2D eigenvalue weighted by Gasteiger charge is 2.32. The summed E-state index contributed by atoms with van der Waals surface area (Å²) in [5.74, 6) is 0.279. The smallest absolute Gasteiger partial charge is 0.264 e. The van der Waals surface area contributed by atoms with Crippen LogP contribution in [0.1, 0.15) is 33.0 Å². The van der Waals surface area contributed by atoms with Crippen molar-refractivity contribution in [2.75, 3.05) is 32.7 Å². The largest absolute Gasteiger partial charge is 0.336 e. The van der Waals surface area contributed by atoms with Crippen LogP contribution in [-0.4, -0.2) is 60.4 Å². The van der Waals surface area contributed by atoms with Crippen LogP contribution in [0.25, 0.3) is 0 Å². The number of nitrogens with one attached hydrogen (secondary N) is 1. The number of aryl methyl sites for hydroxylation is 2. The van der Waals surface area contributed by atoms with Crippen LogP contribution in [0.5, 0.6) is 0 Å². The molecule has 1 atom stereocenters. The molecule has 7 heteroatoms. The molecule has 0 aliphatic carbocycles. The predicted molar refractivity (Wildman–Crippen MR) is 94.5 cm³/mol. The lowest BCUT2D eigenvalue weighted by atomic mass is 10.0. The summed E-state index contributed by atoms with van der Waals surface area (Å²) in [5, 5.41) is 3.10. The Morgan fingerprint density at radius 1 is 1.35 bits per heavy atom. The zero-order valence-corrected chi connectivity index (χ0v) is 15.3. The van der Waals surface area contributed by atoms with E-state index in [1.54, 1.807) is 11.3 Å². The summed E-state index contributed by atoms with van der Waals surface area (Å²) in [6, 6.07) is 2.16. The van der Waals surface area contributed by atoms with E-state index in [0.29, 0.717) is 13.1 Å². The molecule has 23 heavy (non-hydrogen) atoms. The quantitative estimate of drug-likeness (QED) is 0.878. The molecule has 0 radical (unpaired) electrons. The summed E-state index contributed by atoms with van der Waals surface area (Å²) >= 11 is 1.57. The topological polar surface area (TPSA) is 52.7 Å². The number of nitrogens with zero attached hydrogens (tertiary/aromatic N) is 2. The molecule has 0 saturated carbocycles. The van der Waals surface area contributed by atoms with E-state index in [4.69, 9.17) is 0 Å². The molecule has 3 rings (SSSR count). The van der Waals surface area contributed by atoms with Gasteiger partial charge in [-0.3, -0.25) is 9.59 Å². The van der Waals surface area contributed by atoms with Gasteiger partial charge in [0.1, 0.15) is 0 Å². The molecule has 1 aromatic rings. The Kier molecular flexibility index (Phi) is 6.06. The number of carbonyl (C=O) groups is 2. The maximum Gasteiger partial charge on any atom is 0.264 e. The first-order chi connectivity index (χ1) is 10.6. The Labute approximate surface area is 147 Å². The van der Waals surface area contributed by atoms with Crippen molar-refractivity contribution >= 4 is 35.6 Å². The van der Waals surface area contributed by atoms with Crippen LogP contribution in [0.2, 0.25) is 0 Å². The molecule has 0 aromatic carbocycles. The third kappa shape index (κ3) is 3.87. The van der Waals surface area contributed by atoms with Gasteiger partial charge >= 0.3 is 0 Å². The maximum atomic E-state index is 12.7. The highest BCUT2D eigenvalue weighted by molar-refractivity contribution is 7.14. The molecule has 2 aliphatic rings. The molecule has 3 heterocycles. The molecular formula is C16H24ClN3O2S. The Hall–Kier alpha value is -1.11. The molecule has 2 saturated heterocycles. The van der Waals surface area contributed by atoms with E-state index in [9.17, 15) is 9.59 Å². The van der Waals surface area contributed by atoms with E-state index in [1.165, 1.54) is 10.4 Å². The fraction of sp³-hybridized carbons (Fsp3) is 0.625. The number of hydrogen-bond donors (Lipinski definition) is 1. The van der Waals surface area contributed by atoms with Gasteiger partial charge in [0, 0.05) is 37.1 Å². The number of carbonyl (C=O) groups excluding carboxylic acids is 2. The van der Waals surface area contributed by atoms with Crippen molar-refractivity contribution in [3.8, 4) is 0 Å².